The molecule has 0 bridgehead atoms. The number of nitrogens with zero attached hydrogens (tertiary/aromatic N) is 3. The molecule has 9 heteroatoms. The van der Waals surface area contributed by atoms with Crippen molar-refractivity contribution in [3.05, 3.63) is 99.7 Å². The number of thiophene rings is 1. The van der Waals surface area contributed by atoms with Gasteiger partial charge in [0.15, 0.2) is 0 Å². The summed E-state index contributed by atoms with van der Waals surface area (Å²) in [5.41, 5.74) is 2.41. The minimum absolute atomic E-state index is 0.201. The third kappa shape index (κ3) is 4.34. The molecule has 1 atom stereocenters. The van der Waals surface area contributed by atoms with Crippen molar-refractivity contribution >= 4 is 22.9 Å². The predicted octanol–water partition coefficient (Wildman–Crippen LogP) is 5.82. The normalized spacial score (nSPS) is 16.1. The van der Waals surface area contributed by atoms with E-state index in [-0.39, 0.29) is 23.6 Å². The van der Waals surface area contributed by atoms with Crippen LogP contribution >= 0.6 is 11.3 Å². The highest BCUT2D eigenvalue weighted by atomic mass is 32.1. The molecule has 0 saturated heterocycles. The molecule has 1 N–H and O–H groups in total. The van der Waals surface area contributed by atoms with Crippen molar-refractivity contribution in [2.75, 3.05) is 6.54 Å². The van der Waals surface area contributed by atoms with Gasteiger partial charge >= 0.3 is 6.03 Å². The second-order valence-corrected chi connectivity index (χ2v) is 8.88. The molecule has 0 fully saturated rings. The van der Waals surface area contributed by atoms with Crippen LogP contribution in [0.4, 0.5) is 13.6 Å². The molecule has 0 saturated carbocycles. The Balaban J connectivity index is 1.56. The maximum Gasteiger partial charge on any atom is 0.322 e. The van der Waals surface area contributed by atoms with Crippen LogP contribution in [0.1, 0.15) is 29.3 Å². The number of hydrogen-bond acceptors (Lipinski definition) is 5. The van der Waals surface area contributed by atoms with Crippen LogP contribution in [0.15, 0.2) is 76.3 Å². The Labute approximate surface area is 198 Å². The molecule has 6 nitrogen and oxygen atoms in total. The van der Waals surface area contributed by atoms with Crippen LogP contribution in [-0.2, 0) is 6.42 Å². The second kappa shape index (κ2) is 9.18. The van der Waals surface area contributed by atoms with Crippen LogP contribution in [0.5, 0.6) is 0 Å². The molecule has 1 aliphatic rings. The quantitative estimate of drug-likeness (QED) is 0.379. The number of halogens is 2. The first kappa shape index (κ1) is 22.0. The highest BCUT2D eigenvalue weighted by Gasteiger charge is 2.35. The Kier molecular flexibility index (Phi) is 5.93. The molecule has 5 rings (SSSR count). The second-order valence-electron chi connectivity index (χ2n) is 7.85. The maximum atomic E-state index is 13.7. The van der Waals surface area contributed by atoms with Gasteiger partial charge in [-0.05, 0) is 54.6 Å². The molecular formula is C25H20F2N4O2S. The molecule has 1 aliphatic heterocycles. The SMILES string of the molecule is CC1=C(c2nc(-c3cccc(F)c3)no2)C(c2ccc(F)cc2)NC(=O)N1CCc1cccs1. The third-order valence-corrected chi connectivity index (χ3v) is 6.64. The van der Waals surface area contributed by atoms with E-state index >= 15 is 0 Å². The van der Waals surface area contributed by atoms with Crippen LogP contribution in [0.2, 0.25) is 0 Å². The van der Waals surface area contributed by atoms with Crippen molar-refractivity contribution in [3.8, 4) is 11.4 Å². The van der Waals surface area contributed by atoms with E-state index in [1.54, 1.807) is 40.5 Å². The van der Waals surface area contributed by atoms with Gasteiger partial charge in [0.2, 0.25) is 5.82 Å². The standard InChI is InChI=1S/C25H20F2N4O2S/c1-15-21(24-29-23(30-33-24)17-4-2-5-19(27)14-17)22(16-7-9-18(26)10-8-16)28-25(32)31(15)12-11-20-6-3-13-34-20/h2-10,13-14,22H,11-12H2,1H3,(H,28,32). The Morgan fingerprint density at radius 2 is 1.91 bits per heavy atom. The first-order valence-electron chi connectivity index (χ1n) is 10.7. The van der Waals surface area contributed by atoms with Gasteiger partial charge in [0.05, 0.1) is 11.6 Å². The highest BCUT2D eigenvalue weighted by molar-refractivity contribution is 7.09. The first-order chi connectivity index (χ1) is 16.5. The van der Waals surface area contributed by atoms with E-state index in [2.05, 4.69) is 15.5 Å². The number of carbonyl (C=O) groups excluding carboxylic acids is 1. The average Bonchev–Trinajstić information content (AvgIpc) is 3.52. The van der Waals surface area contributed by atoms with E-state index in [0.29, 0.717) is 35.4 Å². The van der Waals surface area contributed by atoms with Gasteiger partial charge in [-0.2, -0.15) is 4.98 Å². The number of urea groups is 1. The summed E-state index contributed by atoms with van der Waals surface area (Å²) in [5.74, 6) is -0.355. The van der Waals surface area contributed by atoms with Crippen molar-refractivity contribution in [1.82, 2.24) is 20.4 Å². The fourth-order valence-corrected chi connectivity index (χ4v) is 4.69. The fourth-order valence-electron chi connectivity index (χ4n) is 3.99. The summed E-state index contributed by atoms with van der Waals surface area (Å²) in [7, 11) is 0. The summed E-state index contributed by atoms with van der Waals surface area (Å²) < 4.78 is 32.9. The van der Waals surface area contributed by atoms with Gasteiger partial charge in [-0.15, -0.1) is 11.3 Å². The van der Waals surface area contributed by atoms with Crippen molar-refractivity contribution in [3.63, 3.8) is 0 Å². The number of aromatic nitrogens is 2. The van der Waals surface area contributed by atoms with Crippen LogP contribution in [0.25, 0.3) is 17.0 Å². The third-order valence-electron chi connectivity index (χ3n) is 5.70. The lowest BCUT2D eigenvalue weighted by molar-refractivity contribution is 0.205. The molecule has 0 spiro atoms. The highest BCUT2D eigenvalue weighted by Crippen LogP contribution is 2.37. The number of hydrogen-bond donors (Lipinski definition) is 1. The zero-order valence-electron chi connectivity index (χ0n) is 18.2. The molecule has 2 aromatic carbocycles. The lowest BCUT2D eigenvalue weighted by Crippen LogP contribution is -2.46. The van der Waals surface area contributed by atoms with E-state index in [9.17, 15) is 13.6 Å². The van der Waals surface area contributed by atoms with Crippen LogP contribution in [0.3, 0.4) is 0 Å². The number of nitrogens with one attached hydrogen (secondary N) is 1. The van der Waals surface area contributed by atoms with Gasteiger partial charge in [-0.25, -0.2) is 13.6 Å². The molecule has 34 heavy (non-hydrogen) atoms. The average molecular weight is 479 g/mol. The smallest absolute Gasteiger partial charge is 0.322 e. The largest absolute Gasteiger partial charge is 0.334 e. The maximum absolute atomic E-state index is 13.7. The lowest BCUT2D eigenvalue weighted by Gasteiger charge is -2.35. The zero-order chi connectivity index (χ0) is 23.7. The molecule has 1 unspecified atom stereocenters. The Bertz CT molecular complexity index is 1350. The van der Waals surface area contributed by atoms with E-state index in [1.807, 2.05) is 24.4 Å². The number of carbonyl (C=O) groups is 1. The molecule has 3 heterocycles. The zero-order valence-corrected chi connectivity index (χ0v) is 19.0. The van der Waals surface area contributed by atoms with Gasteiger partial charge in [0.1, 0.15) is 11.6 Å². The van der Waals surface area contributed by atoms with Gasteiger partial charge in [0, 0.05) is 22.7 Å². The predicted molar refractivity (Wildman–Crippen MR) is 125 cm³/mol. The van der Waals surface area contributed by atoms with E-state index in [0.717, 1.165) is 4.88 Å². The first-order valence-corrected chi connectivity index (χ1v) is 11.5. The summed E-state index contributed by atoms with van der Waals surface area (Å²) in [5, 5.41) is 9.02. The summed E-state index contributed by atoms with van der Waals surface area (Å²) in [6.45, 7) is 2.29. The Morgan fingerprint density at radius 3 is 2.65 bits per heavy atom. The molecule has 2 aromatic heterocycles. The van der Waals surface area contributed by atoms with Gasteiger partial charge in [0.25, 0.3) is 5.89 Å². The number of benzene rings is 2. The number of allylic oxidation sites excluding steroid dienone is 1. The van der Waals surface area contributed by atoms with Gasteiger partial charge in [-0.3, -0.25) is 4.90 Å². The van der Waals surface area contributed by atoms with E-state index < -0.39 is 11.9 Å². The number of amides is 2. The topological polar surface area (TPSA) is 71.3 Å². The van der Waals surface area contributed by atoms with Crippen LogP contribution in [0, 0.1) is 11.6 Å². The van der Waals surface area contributed by atoms with E-state index in [4.69, 9.17) is 4.52 Å². The molecule has 0 radical (unpaired) electrons. The monoisotopic (exact) mass is 478 g/mol. The molecule has 4 aromatic rings. The van der Waals surface area contributed by atoms with Crippen molar-refractivity contribution in [2.45, 2.75) is 19.4 Å². The van der Waals surface area contributed by atoms with Crippen LogP contribution in [-0.4, -0.2) is 27.6 Å². The fraction of sp³-hybridized carbons (Fsp3) is 0.160. The van der Waals surface area contributed by atoms with Gasteiger partial charge < -0.3 is 9.84 Å². The molecule has 0 aliphatic carbocycles. The van der Waals surface area contributed by atoms with Crippen molar-refractivity contribution in [1.29, 1.82) is 0 Å². The number of rotatable bonds is 6. The Hall–Kier alpha value is -3.85. The summed E-state index contributed by atoms with van der Waals surface area (Å²) >= 11 is 1.63. The van der Waals surface area contributed by atoms with Crippen molar-refractivity contribution in [2.24, 2.45) is 0 Å². The summed E-state index contributed by atoms with van der Waals surface area (Å²) in [6.07, 6.45) is 0.690. The molecular weight excluding hydrogens is 458 g/mol. The molecule has 172 valence electrons. The van der Waals surface area contributed by atoms with Gasteiger partial charge in [-0.1, -0.05) is 35.5 Å². The lowest BCUT2D eigenvalue weighted by atomic mass is 9.94. The minimum atomic E-state index is -0.619. The minimum Gasteiger partial charge on any atom is -0.334 e. The summed E-state index contributed by atoms with van der Waals surface area (Å²) in [6, 6.07) is 14.9. The molecule has 2 amide bonds. The van der Waals surface area contributed by atoms with E-state index in [1.165, 1.54) is 24.3 Å². The Morgan fingerprint density at radius 1 is 1.09 bits per heavy atom. The van der Waals surface area contributed by atoms with Crippen molar-refractivity contribution < 1.29 is 18.1 Å². The summed E-state index contributed by atoms with van der Waals surface area (Å²) in [4.78, 5) is 20.4. The van der Waals surface area contributed by atoms with Crippen LogP contribution < -0.4 is 5.32 Å².